The van der Waals surface area contributed by atoms with Crippen LogP contribution in [0.1, 0.15) is 24.1 Å². The van der Waals surface area contributed by atoms with Crippen LogP contribution in [0.4, 0.5) is 0 Å². The Morgan fingerprint density at radius 2 is 1.67 bits per heavy atom. The van der Waals surface area contributed by atoms with Crippen LogP contribution >= 0.6 is 0 Å². The number of hydrogen-bond donors (Lipinski definition) is 1. The van der Waals surface area contributed by atoms with Gasteiger partial charge in [0.15, 0.2) is 0 Å². The third-order valence-corrected chi connectivity index (χ3v) is 7.04. The SMILES string of the molecule is CCOC(=O)[C@H]([C@H](NS(=O)(=O)c1ccc(C)cc1)c1ccccc1)[S+](C)C. The maximum absolute atomic E-state index is 13.0. The van der Waals surface area contributed by atoms with Crippen LogP contribution in [0, 0.1) is 6.92 Å². The van der Waals surface area contributed by atoms with Crippen molar-refractivity contribution in [1.82, 2.24) is 4.72 Å². The van der Waals surface area contributed by atoms with Crippen LogP contribution in [0.2, 0.25) is 0 Å². The second-order valence-electron chi connectivity index (χ2n) is 6.37. The Hall–Kier alpha value is -1.83. The molecule has 2 aromatic carbocycles. The van der Waals surface area contributed by atoms with Crippen molar-refractivity contribution in [2.75, 3.05) is 19.1 Å². The zero-order valence-electron chi connectivity index (χ0n) is 16.0. The van der Waals surface area contributed by atoms with Gasteiger partial charge in [-0.3, -0.25) is 0 Å². The fourth-order valence-electron chi connectivity index (χ4n) is 2.74. The average Bonchev–Trinajstić information content (AvgIpc) is 2.62. The van der Waals surface area contributed by atoms with E-state index in [0.29, 0.717) is 0 Å². The Bertz CT molecular complexity index is 849. The highest BCUT2D eigenvalue weighted by atomic mass is 32.2. The Kier molecular flexibility index (Phi) is 7.47. The minimum absolute atomic E-state index is 0.170. The molecule has 0 saturated heterocycles. The van der Waals surface area contributed by atoms with Crippen LogP contribution in [-0.2, 0) is 30.4 Å². The van der Waals surface area contributed by atoms with E-state index >= 15 is 0 Å². The Balaban J connectivity index is 2.46. The molecule has 0 fully saturated rings. The smallest absolute Gasteiger partial charge is 0.361 e. The number of ether oxygens (including phenoxy) is 1. The summed E-state index contributed by atoms with van der Waals surface area (Å²) in [7, 11) is -4.22. The summed E-state index contributed by atoms with van der Waals surface area (Å²) in [6.45, 7) is 3.89. The Labute approximate surface area is 164 Å². The van der Waals surface area contributed by atoms with Gasteiger partial charge in [-0.1, -0.05) is 48.0 Å². The van der Waals surface area contributed by atoms with Crippen molar-refractivity contribution in [2.45, 2.75) is 30.0 Å². The van der Waals surface area contributed by atoms with Crippen molar-refractivity contribution in [3.8, 4) is 0 Å². The monoisotopic (exact) mass is 408 g/mol. The van der Waals surface area contributed by atoms with Crippen molar-refractivity contribution >= 4 is 26.9 Å². The van der Waals surface area contributed by atoms with Gasteiger partial charge in [0.05, 0.1) is 24.0 Å². The number of aryl methyl sites for hydroxylation is 1. The van der Waals surface area contributed by atoms with Crippen LogP contribution < -0.4 is 4.72 Å². The van der Waals surface area contributed by atoms with Gasteiger partial charge in [-0.2, -0.15) is 4.72 Å². The second-order valence-corrected chi connectivity index (χ2v) is 10.4. The minimum Gasteiger partial charge on any atom is -0.462 e. The van der Waals surface area contributed by atoms with Crippen molar-refractivity contribution < 1.29 is 17.9 Å². The van der Waals surface area contributed by atoms with Crippen molar-refractivity contribution in [2.24, 2.45) is 0 Å². The number of benzene rings is 2. The minimum atomic E-state index is -3.80. The van der Waals surface area contributed by atoms with Crippen molar-refractivity contribution in [1.29, 1.82) is 0 Å². The number of sulfonamides is 1. The van der Waals surface area contributed by atoms with E-state index in [4.69, 9.17) is 4.74 Å². The average molecular weight is 409 g/mol. The first-order valence-electron chi connectivity index (χ1n) is 8.63. The number of nitrogens with one attached hydrogen (secondary N) is 1. The molecule has 0 saturated carbocycles. The Morgan fingerprint density at radius 3 is 2.19 bits per heavy atom. The maximum atomic E-state index is 13.0. The summed E-state index contributed by atoms with van der Waals surface area (Å²) in [5, 5.41) is -0.618. The fraction of sp³-hybridized carbons (Fsp3) is 0.350. The molecule has 0 aliphatic rings. The summed E-state index contributed by atoms with van der Waals surface area (Å²) in [4.78, 5) is 12.8. The van der Waals surface area contributed by atoms with E-state index < -0.39 is 38.2 Å². The standard InChI is InChI=1S/C20H26NO4S2/c1-5-25-20(22)19(26(3)4)18(16-9-7-6-8-10-16)21-27(23,24)17-13-11-15(2)12-14-17/h6-14,18-19,21H,5H2,1-4H3/q+1/t18-,19+/m1/s1. The molecule has 2 atom stereocenters. The molecule has 5 nitrogen and oxygen atoms in total. The number of carbonyl (C=O) groups is 1. The number of esters is 1. The molecule has 146 valence electrons. The maximum Gasteiger partial charge on any atom is 0.361 e. The summed E-state index contributed by atoms with van der Waals surface area (Å²) in [6.07, 6.45) is 3.83. The zero-order chi connectivity index (χ0) is 20.0. The molecule has 2 aromatic rings. The lowest BCUT2D eigenvalue weighted by molar-refractivity contribution is -0.143. The molecule has 0 amide bonds. The molecule has 0 aliphatic heterocycles. The largest absolute Gasteiger partial charge is 0.462 e. The van der Waals surface area contributed by atoms with E-state index in [1.807, 2.05) is 49.8 Å². The van der Waals surface area contributed by atoms with Crippen LogP contribution in [0.3, 0.4) is 0 Å². The van der Waals surface area contributed by atoms with Crippen LogP contribution in [0.5, 0.6) is 0 Å². The highest BCUT2D eigenvalue weighted by Gasteiger charge is 2.42. The van der Waals surface area contributed by atoms with E-state index in [0.717, 1.165) is 11.1 Å². The second kappa shape index (κ2) is 9.39. The number of rotatable bonds is 8. The van der Waals surface area contributed by atoms with Gasteiger partial charge in [0.25, 0.3) is 0 Å². The lowest BCUT2D eigenvalue weighted by Crippen LogP contribution is -2.45. The highest BCUT2D eigenvalue weighted by Crippen LogP contribution is 2.26. The van der Waals surface area contributed by atoms with E-state index in [9.17, 15) is 13.2 Å². The lowest BCUT2D eigenvalue weighted by Gasteiger charge is -2.24. The molecule has 2 rings (SSSR count). The first-order chi connectivity index (χ1) is 12.8. The topological polar surface area (TPSA) is 72.5 Å². The predicted molar refractivity (Wildman–Crippen MR) is 110 cm³/mol. The molecule has 1 N–H and O–H groups in total. The van der Waals surface area contributed by atoms with Gasteiger partial charge < -0.3 is 4.74 Å². The van der Waals surface area contributed by atoms with Gasteiger partial charge >= 0.3 is 5.97 Å². The molecule has 7 heteroatoms. The molecule has 27 heavy (non-hydrogen) atoms. The molecule has 0 aromatic heterocycles. The molecule has 0 unspecified atom stereocenters. The molecule has 0 spiro atoms. The van der Waals surface area contributed by atoms with Gasteiger partial charge in [0, 0.05) is 0 Å². The lowest BCUT2D eigenvalue weighted by atomic mass is 10.0. The zero-order valence-corrected chi connectivity index (χ0v) is 17.6. The highest BCUT2D eigenvalue weighted by molar-refractivity contribution is 7.97. The Morgan fingerprint density at radius 1 is 1.07 bits per heavy atom. The summed E-state index contributed by atoms with van der Waals surface area (Å²) in [5.41, 5.74) is 1.70. The number of hydrogen-bond acceptors (Lipinski definition) is 4. The molecule has 0 radical (unpaired) electrons. The van der Waals surface area contributed by atoms with E-state index in [1.54, 1.807) is 31.2 Å². The van der Waals surface area contributed by atoms with Crippen LogP contribution in [0.15, 0.2) is 59.5 Å². The van der Waals surface area contributed by atoms with Crippen molar-refractivity contribution in [3.63, 3.8) is 0 Å². The molecular weight excluding hydrogens is 382 g/mol. The molecule has 0 heterocycles. The molecular formula is C20H26NO4S2+. The van der Waals surface area contributed by atoms with E-state index in [2.05, 4.69) is 4.72 Å². The van der Waals surface area contributed by atoms with E-state index in [-0.39, 0.29) is 11.5 Å². The summed E-state index contributed by atoms with van der Waals surface area (Å²) >= 11 is 0. The number of carbonyl (C=O) groups excluding carboxylic acids is 1. The summed E-state index contributed by atoms with van der Waals surface area (Å²) in [5.74, 6) is -0.397. The first-order valence-corrected chi connectivity index (χ1v) is 12.2. The third-order valence-electron chi connectivity index (χ3n) is 4.10. The first kappa shape index (κ1) is 21.5. The molecule has 0 aliphatic carbocycles. The van der Waals surface area contributed by atoms with Gasteiger partial charge in [0.1, 0.15) is 6.04 Å². The van der Waals surface area contributed by atoms with E-state index in [1.165, 1.54) is 0 Å². The van der Waals surface area contributed by atoms with Crippen LogP contribution in [-0.4, -0.2) is 38.8 Å². The van der Waals surface area contributed by atoms with Gasteiger partial charge in [-0.15, -0.1) is 0 Å². The van der Waals surface area contributed by atoms with Gasteiger partial charge in [0.2, 0.25) is 15.3 Å². The van der Waals surface area contributed by atoms with Crippen molar-refractivity contribution in [3.05, 3.63) is 65.7 Å². The van der Waals surface area contributed by atoms with Gasteiger partial charge in [-0.05, 0) is 42.4 Å². The van der Waals surface area contributed by atoms with Gasteiger partial charge in [-0.25, -0.2) is 13.2 Å². The summed E-state index contributed by atoms with van der Waals surface area (Å²) < 4.78 is 33.9. The van der Waals surface area contributed by atoms with Crippen LogP contribution in [0.25, 0.3) is 0 Å². The summed E-state index contributed by atoms with van der Waals surface area (Å²) in [6, 6.07) is 15.1. The molecule has 0 bridgehead atoms. The fourth-order valence-corrected chi connectivity index (χ4v) is 5.29. The normalized spacial score (nSPS) is 14.0. The predicted octanol–water partition coefficient (Wildman–Crippen LogP) is 2.82. The third kappa shape index (κ3) is 5.57. The quantitative estimate of drug-likeness (QED) is 0.538.